The highest BCUT2D eigenvalue weighted by atomic mass is 19.1. The molecule has 0 spiro atoms. The van der Waals surface area contributed by atoms with Gasteiger partial charge in [-0.25, -0.2) is 4.39 Å². The van der Waals surface area contributed by atoms with E-state index in [0.29, 0.717) is 22.3 Å². The van der Waals surface area contributed by atoms with E-state index in [2.05, 4.69) is 10.3 Å². The highest BCUT2D eigenvalue weighted by Crippen LogP contribution is 2.22. The van der Waals surface area contributed by atoms with Gasteiger partial charge in [-0.15, -0.1) is 0 Å². The largest absolute Gasteiger partial charge is 0.489 e. The van der Waals surface area contributed by atoms with Gasteiger partial charge >= 0.3 is 0 Å². The predicted octanol–water partition coefficient (Wildman–Crippen LogP) is 4.80. The lowest BCUT2D eigenvalue weighted by molar-refractivity contribution is 0.0996. The molecule has 1 amide bonds. The topological polar surface area (TPSA) is 64.4 Å². The van der Waals surface area contributed by atoms with Gasteiger partial charge in [0, 0.05) is 22.8 Å². The van der Waals surface area contributed by atoms with Crippen LogP contribution in [0.3, 0.4) is 0 Å². The minimum Gasteiger partial charge on any atom is -0.489 e. The molecular weight excluding hydrogens is 347 g/mol. The van der Waals surface area contributed by atoms with Crippen LogP contribution in [0.5, 0.6) is 5.75 Å². The summed E-state index contributed by atoms with van der Waals surface area (Å²) in [5, 5.41) is 3.20. The predicted molar refractivity (Wildman–Crippen MR) is 99.1 cm³/mol. The molecule has 0 saturated carbocycles. The van der Waals surface area contributed by atoms with Gasteiger partial charge in [0.2, 0.25) is 0 Å². The van der Waals surface area contributed by atoms with E-state index < -0.39 is 0 Å². The molecule has 0 aliphatic heterocycles. The molecular formula is C21H15FN2O3. The number of hydrogen-bond donors (Lipinski definition) is 1. The third-order valence-corrected chi connectivity index (χ3v) is 4.05. The third kappa shape index (κ3) is 3.64. The maximum atomic E-state index is 13.9. The van der Waals surface area contributed by atoms with E-state index in [0.717, 1.165) is 5.56 Å². The van der Waals surface area contributed by atoms with Gasteiger partial charge in [-0.05, 0) is 54.6 Å². The highest BCUT2D eigenvalue weighted by Gasteiger charge is 2.09. The molecule has 4 rings (SSSR count). The van der Waals surface area contributed by atoms with E-state index in [1.807, 2.05) is 0 Å². The Morgan fingerprint density at radius 2 is 1.93 bits per heavy atom. The summed E-state index contributed by atoms with van der Waals surface area (Å²) in [7, 11) is 0. The molecule has 0 saturated heterocycles. The van der Waals surface area contributed by atoms with Crippen LogP contribution in [0.1, 0.15) is 16.1 Å². The smallest absolute Gasteiger partial charge is 0.291 e. The molecule has 0 bridgehead atoms. The summed E-state index contributed by atoms with van der Waals surface area (Å²) in [6.45, 7) is 0.256. The number of carbonyl (C=O) groups excluding carboxylic acids is 1. The number of aromatic nitrogens is 1. The minimum absolute atomic E-state index is 0.242. The molecule has 5 nitrogen and oxygen atoms in total. The first-order chi connectivity index (χ1) is 13.2. The van der Waals surface area contributed by atoms with Crippen molar-refractivity contribution >= 4 is 22.5 Å². The van der Waals surface area contributed by atoms with E-state index >= 15 is 0 Å². The van der Waals surface area contributed by atoms with Crippen LogP contribution in [0.15, 0.2) is 77.5 Å². The summed E-state index contributed by atoms with van der Waals surface area (Å²) in [6.07, 6.45) is 3.07. The molecule has 0 fully saturated rings. The number of nitrogens with zero attached hydrogens (tertiary/aromatic N) is 1. The summed E-state index contributed by atoms with van der Waals surface area (Å²) in [5.74, 6) is 0.237. The Hall–Kier alpha value is -3.67. The van der Waals surface area contributed by atoms with E-state index in [-0.39, 0.29) is 24.1 Å². The number of benzene rings is 2. The molecule has 0 atom stereocenters. The second-order valence-electron chi connectivity index (χ2n) is 5.85. The van der Waals surface area contributed by atoms with Gasteiger partial charge in [0.05, 0.1) is 11.8 Å². The lowest BCUT2D eigenvalue weighted by Crippen LogP contribution is -2.10. The van der Waals surface area contributed by atoms with Crippen LogP contribution in [0.25, 0.3) is 10.9 Å². The molecule has 6 heteroatoms. The molecule has 2 aromatic carbocycles. The zero-order valence-corrected chi connectivity index (χ0v) is 14.2. The number of anilines is 1. The van der Waals surface area contributed by atoms with Crippen molar-refractivity contribution in [1.29, 1.82) is 0 Å². The number of hydrogen-bond acceptors (Lipinski definition) is 4. The Bertz CT molecular complexity index is 1080. The van der Waals surface area contributed by atoms with E-state index in [1.54, 1.807) is 60.8 Å². The summed E-state index contributed by atoms with van der Waals surface area (Å²) >= 11 is 0. The first kappa shape index (κ1) is 16.8. The first-order valence-corrected chi connectivity index (χ1v) is 8.30. The third-order valence-electron chi connectivity index (χ3n) is 4.05. The van der Waals surface area contributed by atoms with Crippen molar-refractivity contribution in [3.05, 3.63) is 90.3 Å². The van der Waals surface area contributed by atoms with Gasteiger partial charge in [0.25, 0.3) is 5.91 Å². The van der Waals surface area contributed by atoms with E-state index in [1.165, 1.54) is 12.3 Å². The average molecular weight is 362 g/mol. The number of amides is 1. The first-order valence-electron chi connectivity index (χ1n) is 8.30. The van der Waals surface area contributed by atoms with Crippen molar-refractivity contribution < 1.29 is 18.3 Å². The van der Waals surface area contributed by atoms with E-state index in [4.69, 9.17) is 9.15 Å². The molecule has 27 heavy (non-hydrogen) atoms. The number of nitrogens with one attached hydrogen (secondary N) is 1. The number of ether oxygens (including phenoxy) is 1. The lowest BCUT2D eigenvalue weighted by Gasteiger charge is -2.10. The van der Waals surface area contributed by atoms with Crippen LogP contribution in [0, 0.1) is 5.82 Å². The summed E-state index contributed by atoms with van der Waals surface area (Å²) in [6, 6.07) is 16.7. The fourth-order valence-electron chi connectivity index (χ4n) is 2.71. The van der Waals surface area contributed by atoms with Crippen molar-refractivity contribution in [3.8, 4) is 5.75 Å². The van der Waals surface area contributed by atoms with Crippen LogP contribution in [-0.4, -0.2) is 10.9 Å². The lowest BCUT2D eigenvalue weighted by atomic mass is 10.1. The average Bonchev–Trinajstić information content (AvgIpc) is 3.24. The number of rotatable bonds is 5. The van der Waals surface area contributed by atoms with Crippen molar-refractivity contribution in [2.45, 2.75) is 6.61 Å². The molecule has 2 heterocycles. The monoisotopic (exact) mass is 362 g/mol. The Balaban J connectivity index is 1.44. The summed E-state index contributed by atoms with van der Waals surface area (Å²) < 4.78 is 24.7. The van der Waals surface area contributed by atoms with Crippen LogP contribution in [-0.2, 0) is 6.61 Å². The minimum atomic E-state index is -0.322. The standard InChI is InChI=1S/C21H15FN2O3/c22-18-10-5-14(20-17(18)3-1-11-23-20)13-27-16-8-6-15(7-9-16)24-21(25)19-4-2-12-26-19/h1-12H,13H2,(H,24,25). The number of furan rings is 1. The fourth-order valence-corrected chi connectivity index (χ4v) is 2.71. The number of halogens is 1. The van der Waals surface area contributed by atoms with Crippen LogP contribution < -0.4 is 10.1 Å². The van der Waals surface area contributed by atoms with Gasteiger partial charge in [-0.3, -0.25) is 9.78 Å². The van der Waals surface area contributed by atoms with Crippen molar-refractivity contribution in [3.63, 3.8) is 0 Å². The van der Waals surface area contributed by atoms with E-state index in [9.17, 15) is 9.18 Å². The molecule has 2 aromatic heterocycles. The Morgan fingerprint density at radius 3 is 2.70 bits per heavy atom. The molecule has 4 aromatic rings. The highest BCUT2D eigenvalue weighted by molar-refractivity contribution is 6.02. The molecule has 0 radical (unpaired) electrons. The quantitative estimate of drug-likeness (QED) is 0.554. The number of fused-ring (bicyclic) bond motifs is 1. The van der Waals surface area contributed by atoms with Gasteiger partial charge < -0.3 is 14.5 Å². The number of pyridine rings is 1. The fraction of sp³-hybridized carbons (Fsp3) is 0.0476. The molecule has 1 N–H and O–H groups in total. The van der Waals surface area contributed by atoms with Crippen molar-refractivity contribution in [2.75, 3.05) is 5.32 Å². The van der Waals surface area contributed by atoms with Crippen LogP contribution in [0.2, 0.25) is 0 Å². The Kier molecular flexibility index (Phi) is 4.53. The molecule has 134 valence electrons. The maximum Gasteiger partial charge on any atom is 0.291 e. The summed E-state index contributed by atoms with van der Waals surface area (Å²) in [4.78, 5) is 16.2. The van der Waals surface area contributed by atoms with Gasteiger partial charge in [0.1, 0.15) is 18.2 Å². The maximum absolute atomic E-state index is 13.9. The number of carbonyl (C=O) groups is 1. The normalized spacial score (nSPS) is 10.7. The van der Waals surface area contributed by atoms with Crippen molar-refractivity contribution in [1.82, 2.24) is 4.98 Å². The second kappa shape index (κ2) is 7.29. The van der Waals surface area contributed by atoms with Crippen LogP contribution in [0.4, 0.5) is 10.1 Å². The van der Waals surface area contributed by atoms with Gasteiger partial charge in [0.15, 0.2) is 5.76 Å². The second-order valence-corrected chi connectivity index (χ2v) is 5.85. The molecule has 0 aliphatic rings. The van der Waals surface area contributed by atoms with Gasteiger partial charge in [-0.1, -0.05) is 6.07 Å². The Labute approximate surface area is 154 Å². The zero-order chi connectivity index (χ0) is 18.6. The van der Waals surface area contributed by atoms with Gasteiger partial charge in [-0.2, -0.15) is 0 Å². The van der Waals surface area contributed by atoms with Crippen molar-refractivity contribution in [2.24, 2.45) is 0 Å². The Morgan fingerprint density at radius 1 is 1.07 bits per heavy atom. The summed E-state index contributed by atoms with van der Waals surface area (Å²) in [5.41, 5.74) is 2.00. The van der Waals surface area contributed by atoms with Crippen LogP contribution >= 0.6 is 0 Å². The molecule has 0 unspecified atom stereocenters. The SMILES string of the molecule is O=C(Nc1ccc(OCc2ccc(F)c3cccnc23)cc1)c1ccco1. The molecule has 0 aliphatic carbocycles. The zero-order valence-electron chi connectivity index (χ0n) is 14.2.